The highest BCUT2D eigenvalue weighted by Crippen LogP contribution is 2.06. The Labute approximate surface area is 124 Å². The summed E-state index contributed by atoms with van der Waals surface area (Å²) in [5.41, 5.74) is 1.31. The molecule has 0 aliphatic rings. The van der Waals surface area contributed by atoms with E-state index < -0.39 is 12.0 Å². The van der Waals surface area contributed by atoms with Gasteiger partial charge in [0.05, 0.1) is 11.6 Å². The zero-order valence-electron chi connectivity index (χ0n) is 12.2. The lowest BCUT2D eigenvalue weighted by molar-refractivity contribution is -0.138. The van der Waals surface area contributed by atoms with Crippen LogP contribution in [0.25, 0.3) is 0 Å². The number of hydrogen-bond donors (Lipinski definition) is 2. The molecule has 2 N–H and O–H groups in total. The quantitative estimate of drug-likeness (QED) is 0.837. The number of nitrogens with one attached hydrogen (secondary N) is 1. The number of carbonyl (C=O) groups is 2. The van der Waals surface area contributed by atoms with E-state index in [-0.39, 0.29) is 19.1 Å². The first kappa shape index (κ1) is 16.5. The number of carbonyl (C=O) groups excluding carboxylic acids is 1. The Hall–Kier alpha value is -2.55. The molecule has 0 spiro atoms. The van der Waals surface area contributed by atoms with E-state index in [1.54, 1.807) is 31.2 Å². The van der Waals surface area contributed by atoms with E-state index >= 15 is 0 Å². The van der Waals surface area contributed by atoms with Crippen molar-refractivity contribution in [3.63, 3.8) is 0 Å². The van der Waals surface area contributed by atoms with Crippen molar-refractivity contribution in [2.75, 3.05) is 6.54 Å². The SMILES string of the molecule is CCC(C)N(CC(=O)O)C(=O)NCc1cccc(C#N)c1. The van der Waals surface area contributed by atoms with Crippen LogP contribution in [0.4, 0.5) is 4.79 Å². The van der Waals surface area contributed by atoms with Gasteiger partial charge in [0, 0.05) is 12.6 Å². The lowest BCUT2D eigenvalue weighted by Crippen LogP contribution is -2.47. The Kier molecular flexibility index (Phi) is 6.21. The fraction of sp³-hybridized carbons (Fsp3) is 0.400. The summed E-state index contributed by atoms with van der Waals surface area (Å²) in [5, 5.41) is 20.4. The van der Waals surface area contributed by atoms with Gasteiger partial charge in [-0.15, -0.1) is 0 Å². The van der Waals surface area contributed by atoms with Crippen LogP contribution in [0.3, 0.4) is 0 Å². The number of rotatable bonds is 6. The lowest BCUT2D eigenvalue weighted by atomic mass is 10.1. The van der Waals surface area contributed by atoms with Crippen LogP contribution in [-0.2, 0) is 11.3 Å². The molecule has 6 nitrogen and oxygen atoms in total. The van der Waals surface area contributed by atoms with Crippen molar-refractivity contribution >= 4 is 12.0 Å². The Morgan fingerprint density at radius 2 is 2.19 bits per heavy atom. The molecule has 0 aromatic heterocycles. The molecule has 0 saturated heterocycles. The molecule has 0 radical (unpaired) electrons. The van der Waals surface area contributed by atoms with E-state index in [4.69, 9.17) is 10.4 Å². The minimum Gasteiger partial charge on any atom is -0.480 e. The smallest absolute Gasteiger partial charge is 0.323 e. The molecular weight excluding hydrogens is 270 g/mol. The number of aliphatic carboxylic acids is 1. The topological polar surface area (TPSA) is 93.4 Å². The average molecular weight is 289 g/mol. The molecule has 1 rings (SSSR count). The zero-order chi connectivity index (χ0) is 15.8. The molecular formula is C15H19N3O3. The fourth-order valence-corrected chi connectivity index (χ4v) is 1.82. The predicted molar refractivity (Wildman–Crippen MR) is 77.5 cm³/mol. The van der Waals surface area contributed by atoms with Crippen molar-refractivity contribution < 1.29 is 14.7 Å². The number of carboxylic acids is 1. The van der Waals surface area contributed by atoms with Crippen LogP contribution in [0.1, 0.15) is 31.4 Å². The normalized spacial score (nSPS) is 11.3. The lowest BCUT2D eigenvalue weighted by Gasteiger charge is -2.27. The third-order valence-corrected chi connectivity index (χ3v) is 3.19. The first-order valence-corrected chi connectivity index (χ1v) is 6.73. The van der Waals surface area contributed by atoms with Crippen LogP contribution in [0.5, 0.6) is 0 Å². The Morgan fingerprint density at radius 3 is 2.76 bits per heavy atom. The second-order valence-electron chi connectivity index (χ2n) is 4.75. The van der Waals surface area contributed by atoms with E-state index in [9.17, 15) is 9.59 Å². The molecule has 0 heterocycles. The van der Waals surface area contributed by atoms with Gasteiger partial charge >= 0.3 is 12.0 Å². The molecule has 0 aliphatic carbocycles. The van der Waals surface area contributed by atoms with Gasteiger partial charge in [-0.05, 0) is 31.0 Å². The summed E-state index contributed by atoms with van der Waals surface area (Å²) in [6.07, 6.45) is 0.671. The van der Waals surface area contributed by atoms with E-state index in [1.165, 1.54) is 4.90 Å². The Bertz CT molecular complexity index is 551. The van der Waals surface area contributed by atoms with Crippen LogP contribution in [-0.4, -0.2) is 34.6 Å². The molecule has 0 aliphatic heterocycles. The summed E-state index contributed by atoms with van der Waals surface area (Å²) >= 11 is 0. The number of carboxylic acid groups (broad SMARTS) is 1. The molecule has 2 amide bonds. The largest absolute Gasteiger partial charge is 0.480 e. The monoisotopic (exact) mass is 289 g/mol. The van der Waals surface area contributed by atoms with Crippen LogP contribution >= 0.6 is 0 Å². The fourth-order valence-electron chi connectivity index (χ4n) is 1.82. The van der Waals surface area contributed by atoms with E-state index in [0.29, 0.717) is 12.0 Å². The van der Waals surface area contributed by atoms with Crippen molar-refractivity contribution in [1.29, 1.82) is 5.26 Å². The highest BCUT2D eigenvalue weighted by molar-refractivity contribution is 5.80. The van der Waals surface area contributed by atoms with Gasteiger partial charge in [-0.25, -0.2) is 4.79 Å². The summed E-state index contributed by atoms with van der Waals surface area (Å²) in [5.74, 6) is -1.04. The van der Waals surface area contributed by atoms with Crippen molar-refractivity contribution in [1.82, 2.24) is 10.2 Å². The van der Waals surface area contributed by atoms with Gasteiger partial charge in [0.1, 0.15) is 6.54 Å². The van der Waals surface area contributed by atoms with Crippen LogP contribution in [0.2, 0.25) is 0 Å². The molecule has 0 saturated carbocycles. The van der Waals surface area contributed by atoms with Crippen molar-refractivity contribution in [3.8, 4) is 6.07 Å². The number of nitrogens with zero attached hydrogens (tertiary/aromatic N) is 2. The molecule has 1 aromatic rings. The Morgan fingerprint density at radius 1 is 1.48 bits per heavy atom. The van der Waals surface area contributed by atoms with Gasteiger partial charge in [0.15, 0.2) is 0 Å². The van der Waals surface area contributed by atoms with E-state index in [2.05, 4.69) is 5.32 Å². The molecule has 1 aromatic carbocycles. The second-order valence-corrected chi connectivity index (χ2v) is 4.75. The van der Waals surface area contributed by atoms with Gasteiger partial charge < -0.3 is 15.3 Å². The maximum atomic E-state index is 12.1. The number of benzene rings is 1. The first-order valence-electron chi connectivity index (χ1n) is 6.73. The standard InChI is InChI=1S/C15H19N3O3/c1-3-11(2)18(10-14(19)20)15(21)17-9-13-6-4-5-12(7-13)8-16/h4-7,11H,3,9-10H2,1-2H3,(H,17,21)(H,19,20). The molecule has 112 valence electrons. The van der Waals surface area contributed by atoms with Crippen molar-refractivity contribution in [2.24, 2.45) is 0 Å². The van der Waals surface area contributed by atoms with Crippen molar-refractivity contribution in [3.05, 3.63) is 35.4 Å². The maximum Gasteiger partial charge on any atom is 0.323 e. The van der Waals surface area contributed by atoms with E-state index in [1.807, 2.05) is 13.0 Å². The number of nitriles is 1. The average Bonchev–Trinajstić information content (AvgIpc) is 2.49. The van der Waals surface area contributed by atoms with Crippen LogP contribution in [0.15, 0.2) is 24.3 Å². The minimum absolute atomic E-state index is 0.161. The molecule has 0 fully saturated rings. The van der Waals surface area contributed by atoms with Gasteiger partial charge in [-0.1, -0.05) is 19.1 Å². The number of amides is 2. The number of urea groups is 1. The highest BCUT2D eigenvalue weighted by Gasteiger charge is 2.21. The molecule has 0 bridgehead atoms. The Balaban J connectivity index is 2.68. The van der Waals surface area contributed by atoms with Gasteiger partial charge in [0.2, 0.25) is 0 Å². The second kappa shape index (κ2) is 7.90. The van der Waals surface area contributed by atoms with Crippen molar-refractivity contribution in [2.45, 2.75) is 32.9 Å². The minimum atomic E-state index is -1.04. The molecule has 6 heteroatoms. The van der Waals surface area contributed by atoms with Crippen LogP contribution < -0.4 is 5.32 Å². The molecule has 1 unspecified atom stereocenters. The van der Waals surface area contributed by atoms with Gasteiger partial charge in [0.25, 0.3) is 0 Å². The predicted octanol–water partition coefficient (Wildman–Crippen LogP) is 1.95. The summed E-state index contributed by atoms with van der Waals surface area (Å²) in [7, 11) is 0. The highest BCUT2D eigenvalue weighted by atomic mass is 16.4. The summed E-state index contributed by atoms with van der Waals surface area (Å²) in [4.78, 5) is 24.2. The summed E-state index contributed by atoms with van der Waals surface area (Å²) in [6.45, 7) is 3.61. The summed E-state index contributed by atoms with van der Waals surface area (Å²) < 4.78 is 0. The van der Waals surface area contributed by atoms with E-state index in [0.717, 1.165) is 5.56 Å². The third-order valence-electron chi connectivity index (χ3n) is 3.19. The van der Waals surface area contributed by atoms with Gasteiger partial charge in [-0.2, -0.15) is 5.26 Å². The van der Waals surface area contributed by atoms with Gasteiger partial charge in [-0.3, -0.25) is 4.79 Å². The van der Waals surface area contributed by atoms with Crippen LogP contribution in [0, 0.1) is 11.3 Å². The third kappa shape index (κ3) is 5.15. The maximum absolute atomic E-state index is 12.1. The number of hydrogen-bond acceptors (Lipinski definition) is 3. The summed E-state index contributed by atoms with van der Waals surface area (Å²) in [6, 6.07) is 8.35. The molecule has 21 heavy (non-hydrogen) atoms. The zero-order valence-corrected chi connectivity index (χ0v) is 12.2. The molecule has 1 atom stereocenters. The first-order chi connectivity index (χ1) is 9.97.